The molecule has 0 saturated carbocycles. The monoisotopic (exact) mass is 302 g/mol. The lowest BCUT2D eigenvalue weighted by atomic mass is 10.1. The number of carbonyl (C=O) groups excluding carboxylic acids is 1. The van der Waals surface area contributed by atoms with Crippen molar-refractivity contribution in [1.82, 2.24) is 5.32 Å². The van der Waals surface area contributed by atoms with Crippen LogP contribution in [0.15, 0.2) is 48.5 Å². The number of nitrogens with one attached hydrogen (secondary N) is 1. The van der Waals surface area contributed by atoms with Gasteiger partial charge in [-0.2, -0.15) is 0 Å². The largest absolute Gasteiger partial charge is 0.389 e. The zero-order valence-corrected chi connectivity index (χ0v) is 12.1. The van der Waals surface area contributed by atoms with Crippen LogP contribution in [0.1, 0.15) is 16.7 Å². The molecule has 3 nitrogen and oxygen atoms in total. The second-order valence-corrected chi connectivity index (χ2v) is 5.05. The van der Waals surface area contributed by atoms with E-state index in [-0.39, 0.29) is 18.1 Å². The van der Waals surface area contributed by atoms with Gasteiger partial charge in [0.05, 0.1) is 6.42 Å². The highest BCUT2D eigenvalue weighted by atomic mass is 32.1. The highest BCUT2D eigenvalue weighted by molar-refractivity contribution is 7.80. The van der Waals surface area contributed by atoms with Crippen LogP contribution in [-0.4, -0.2) is 10.9 Å². The Labute approximate surface area is 128 Å². The van der Waals surface area contributed by atoms with Crippen molar-refractivity contribution in [3.63, 3.8) is 0 Å². The number of hydrogen-bond acceptors (Lipinski definition) is 2. The molecule has 108 valence electrons. The van der Waals surface area contributed by atoms with Crippen molar-refractivity contribution in [3.8, 4) is 0 Å². The summed E-state index contributed by atoms with van der Waals surface area (Å²) in [5, 5.41) is 2.75. The lowest BCUT2D eigenvalue weighted by Gasteiger charge is -2.07. The third kappa shape index (κ3) is 4.36. The fraction of sp³-hybridized carbons (Fsp3) is 0.125. The van der Waals surface area contributed by atoms with Crippen LogP contribution in [0.5, 0.6) is 0 Å². The van der Waals surface area contributed by atoms with E-state index in [0.29, 0.717) is 17.1 Å². The zero-order chi connectivity index (χ0) is 15.2. The second-order valence-electron chi connectivity index (χ2n) is 4.61. The van der Waals surface area contributed by atoms with Gasteiger partial charge in [0.15, 0.2) is 0 Å². The molecule has 21 heavy (non-hydrogen) atoms. The Bertz CT molecular complexity index is 656. The number of hydrogen-bond donors (Lipinski definition) is 2. The summed E-state index contributed by atoms with van der Waals surface area (Å²) in [6, 6.07) is 13.6. The minimum atomic E-state index is -0.367. The van der Waals surface area contributed by atoms with Gasteiger partial charge in [0.25, 0.3) is 0 Å². The van der Waals surface area contributed by atoms with Crippen molar-refractivity contribution >= 4 is 23.1 Å². The SMILES string of the molecule is NC(=S)c1ccc(CNC(=O)Cc2ccccc2F)cc1. The van der Waals surface area contributed by atoms with Gasteiger partial charge in [-0.1, -0.05) is 54.7 Å². The third-order valence-corrected chi connectivity index (χ3v) is 3.27. The zero-order valence-electron chi connectivity index (χ0n) is 11.3. The minimum Gasteiger partial charge on any atom is -0.389 e. The van der Waals surface area contributed by atoms with E-state index in [0.717, 1.165) is 11.1 Å². The van der Waals surface area contributed by atoms with Crippen LogP contribution in [0, 0.1) is 5.82 Å². The van der Waals surface area contributed by atoms with Crippen LogP contribution in [0.3, 0.4) is 0 Å². The van der Waals surface area contributed by atoms with Crippen LogP contribution < -0.4 is 11.1 Å². The van der Waals surface area contributed by atoms with Gasteiger partial charge < -0.3 is 11.1 Å². The number of rotatable bonds is 5. The Morgan fingerprint density at radius 3 is 2.43 bits per heavy atom. The topological polar surface area (TPSA) is 55.1 Å². The van der Waals surface area contributed by atoms with E-state index in [9.17, 15) is 9.18 Å². The average Bonchev–Trinajstić information content (AvgIpc) is 2.48. The molecule has 0 bridgehead atoms. The van der Waals surface area contributed by atoms with Crippen LogP contribution in [-0.2, 0) is 17.8 Å². The molecule has 0 aromatic heterocycles. The van der Waals surface area contributed by atoms with E-state index in [4.69, 9.17) is 18.0 Å². The molecule has 0 aliphatic carbocycles. The molecule has 0 unspecified atom stereocenters. The van der Waals surface area contributed by atoms with E-state index in [1.54, 1.807) is 30.3 Å². The molecule has 0 fully saturated rings. The van der Waals surface area contributed by atoms with Gasteiger partial charge in [0.2, 0.25) is 5.91 Å². The Balaban J connectivity index is 1.89. The molecular formula is C16H15FN2OS. The smallest absolute Gasteiger partial charge is 0.224 e. The molecule has 0 radical (unpaired) electrons. The van der Waals surface area contributed by atoms with Gasteiger partial charge >= 0.3 is 0 Å². The van der Waals surface area contributed by atoms with Gasteiger partial charge in [-0.3, -0.25) is 4.79 Å². The van der Waals surface area contributed by atoms with Gasteiger partial charge in [0, 0.05) is 12.1 Å². The summed E-state index contributed by atoms with van der Waals surface area (Å²) in [7, 11) is 0. The highest BCUT2D eigenvalue weighted by Gasteiger charge is 2.07. The first-order valence-electron chi connectivity index (χ1n) is 6.45. The van der Waals surface area contributed by atoms with E-state index < -0.39 is 0 Å². The van der Waals surface area contributed by atoms with Gasteiger partial charge in [-0.15, -0.1) is 0 Å². The average molecular weight is 302 g/mol. The number of halogens is 1. The normalized spacial score (nSPS) is 10.1. The third-order valence-electron chi connectivity index (χ3n) is 3.04. The number of amides is 1. The van der Waals surface area contributed by atoms with Crippen molar-refractivity contribution in [1.29, 1.82) is 0 Å². The lowest BCUT2D eigenvalue weighted by Crippen LogP contribution is -2.25. The quantitative estimate of drug-likeness (QED) is 0.833. The van der Waals surface area contributed by atoms with Crippen LogP contribution in [0.25, 0.3) is 0 Å². The predicted octanol–water partition coefficient (Wildman–Crippen LogP) is 2.32. The van der Waals surface area contributed by atoms with E-state index in [1.165, 1.54) is 6.07 Å². The van der Waals surface area contributed by atoms with Gasteiger partial charge in [-0.25, -0.2) is 4.39 Å². The fourth-order valence-electron chi connectivity index (χ4n) is 1.86. The lowest BCUT2D eigenvalue weighted by molar-refractivity contribution is -0.120. The first kappa shape index (κ1) is 15.1. The minimum absolute atomic E-state index is 0.0254. The van der Waals surface area contributed by atoms with Crippen molar-refractivity contribution in [2.75, 3.05) is 0 Å². The van der Waals surface area contributed by atoms with Crippen LogP contribution in [0.4, 0.5) is 4.39 Å². The van der Waals surface area contributed by atoms with E-state index in [2.05, 4.69) is 5.32 Å². The summed E-state index contributed by atoms with van der Waals surface area (Å²) < 4.78 is 13.4. The fourth-order valence-corrected chi connectivity index (χ4v) is 2.00. The summed E-state index contributed by atoms with van der Waals surface area (Å²) in [5.74, 6) is -0.591. The molecule has 0 saturated heterocycles. The van der Waals surface area contributed by atoms with Crippen molar-refractivity contribution in [2.45, 2.75) is 13.0 Å². The Morgan fingerprint density at radius 2 is 1.81 bits per heavy atom. The first-order valence-corrected chi connectivity index (χ1v) is 6.86. The second kappa shape index (κ2) is 6.95. The molecule has 2 aromatic rings. The van der Waals surface area contributed by atoms with Crippen molar-refractivity contribution in [3.05, 3.63) is 71.0 Å². The molecule has 0 atom stereocenters. The summed E-state index contributed by atoms with van der Waals surface area (Å²) in [6.07, 6.45) is 0.0254. The molecule has 3 N–H and O–H groups in total. The summed E-state index contributed by atoms with van der Waals surface area (Å²) in [6.45, 7) is 0.380. The van der Waals surface area contributed by atoms with Crippen LogP contribution in [0.2, 0.25) is 0 Å². The molecule has 2 rings (SSSR count). The number of thiocarbonyl (C=S) groups is 1. The van der Waals surface area contributed by atoms with Gasteiger partial charge in [0.1, 0.15) is 10.8 Å². The molecule has 0 aliphatic rings. The standard InChI is InChI=1S/C16H15FN2OS/c17-14-4-2-1-3-13(14)9-15(20)19-10-11-5-7-12(8-6-11)16(18)21/h1-8H,9-10H2,(H2,18,21)(H,19,20). The van der Waals surface area contributed by atoms with E-state index in [1.807, 2.05) is 12.1 Å². The van der Waals surface area contributed by atoms with Crippen molar-refractivity contribution < 1.29 is 9.18 Å². The maximum Gasteiger partial charge on any atom is 0.224 e. The maximum absolute atomic E-state index is 13.4. The Kier molecular flexibility index (Phi) is 5.00. The molecular weight excluding hydrogens is 287 g/mol. The predicted molar refractivity (Wildman–Crippen MR) is 84.3 cm³/mol. The van der Waals surface area contributed by atoms with Gasteiger partial charge in [-0.05, 0) is 17.2 Å². The molecule has 5 heteroatoms. The number of nitrogens with two attached hydrogens (primary N) is 1. The molecule has 0 aliphatic heterocycles. The van der Waals surface area contributed by atoms with Crippen molar-refractivity contribution in [2.24, 2.45) is 5.73 Å². The molecule has 1 amide bonds. The first-order chi connectivity index (χ1) is 10.1. The Hall–Kier alpha value is -2.27. The molecule has 0 spiro atoms. The summed E-state index contributed by atoms with van der Waals surface area (Å²) in [4.78, 5) is 12.1. The highest BCUT2D eigenvalue weighted by Crippen LogP contribution is 2.08. The van der Waals surface area contributed by atoms with E-state index >= 15 is 0 Å². The number of benzene rings is 2. The maximum atomic E-state index is 13.4. The molecule has 0 heterocycles. The number of carbonyl (C=O) groups is 1. The van der Waals surface area contributed by atoms with Crippen LogP contribution >= 0.6 is 12.2 Å². The summed E-state index contributed by atoms with van der Waals surface area (Å²) >= 11 is 4.87. The Morgan fingerprint density at radius 1 is 1.14 bits per heavy atom. The molecule has 2 aromatic carbocycles. The summed E-state index contributed by atoms with van der Waals surface area (Å²) in [5.41, 5.74) is 7.61.